The van der Waals surface area contributed by atoms with Gasteiger partial charge in [0.25, 0.3) is 0 Å². The van der Waals surface area contributed by atoms with E-state index < -0.39 is 5.97 Å². The number of carbonyl (C=O) groups excluding carboxylic acids is 1. The molecule has 122 valence electrons. The molecule has 6 heteroatoms. The summed E-state index contributed by atoms with van der Waals surface area (Å²) < 4.78 is 5.09. The van der Waals surface area contributed by atoms with Gasteiger partial charge in [0, 0.05) is 29.7 Å². The van der Waals surface area contributed by atoms with Crippen LogP contribution in [-0.2, 0) is 9.53 Å². The third-order valence-electron chi connectivity index (χ3n) is 4.31. The lowest BCUT2D eigenvalue weighted by molar-refractivity contribution is -0.148. The molecule has 0 spiro atoms. The highest BCUT2D eigenvalue weighted by atomic mass is 16.5. The fourth-order valence-electron chi connectivity index (χ4n) is 3.07. The van der Waals surface area contributed by atoms with E-state index in [1.54, 1.807) is 6.07 Å². The van der Waals surface area contributed by atoms with Crippen LogP contribution in [0.2, 0.25) is 0 Å². The first-order chi connectivity index (χ1) is 11.1. The highest BCUT2D eigenvalue weighted by Crippen LogP contribution is 2.27. The fourth-order valence-corrected chi connectivity index (χ4v) is 3.07. The van der Waals surface area contributed by atoms with E-state index in [9.17, 15) is 9.59 Å². The summed E-state index contributed by atoms with van der Waals surface area (Å²) in [7, 11) is 0. The summed E-state index contributed by atoms with van der Waals surface area (Å²) in [4.78, 5) is 27.9. The van der Waals surface area contributed by atoms with Gasteiger partial charge in [-0.1, -0.05) is 0 Å². The maximum absolute atomic E-state index is 11.8. The van der Waals surface area contributed by atoms with Gasteiger partial charge >= 0.3 is 11.9 Å². The Morgan fingerprint density at radius 1 is 1.30 bits per heavy atom. The largest absolute Gasteiger partial charge is 0.477 e. The van der Waals surface area contributed by atoms with E-state index >= 15 is 0 Å². The minimum absolute atomic E-state index is 0.0131. The number of nitrogens with one attached hydrogen (secondary N) is 1. The SMILES string of the molecule is CCOC(=O)C1CCN(c2ccc3[nH]c(C(=O)O)cc3c2)CC1. The highest BCUT2D eigenvalue weighted by Gasteiger charge is 2.26. The Labute approximate surface area is 134 Å². The van der Waals surface area contributed by atoms with E-state index in [2.05, 4.69) is 9.88 Å². The second-order valence-electron chi connectivity index (χ2n) is 5.77. The monoisotopic (exact) mass is 316 g/mol. The number of esters is 1. The van der Waals surface area contributed by atoms with Crippen LogP contribution in [0.1, 0.15) is 30.3 Å². The molecular formula is C17H20N2O4. The van der Waals surface area contributed by atoms with Crippen molar-refractivity contribution in [3.8, 4) is 0 Å². The van der Waals surface area contributed by atoms with Crippen molar-refractivity contribution < 1.29 is 19.4 Å². The average Bonchev–Trinajstić information content (AvgIpc) is 2.98. The first-order valence-electron chi connectivity index (χ1n) is 7.86. The second-order valence-corrected chi connectivity index (χ2v) is 5.77. The summed E-state index contributed by atoms with van der Waals surface area (Å²) >= 11 is 0. The Morgan fingerprint density at radius 2 is 2.04 bits per heavy atom. The van der Waals surface area contributed by atoms with Crippen LogP contribution < -0.4 is 4.90 Å². The number of carboxylic acids is 1. The fraction of sp³-hybridized carbons (Fsp3) is 0.412. The number of anilines is 1. The molecule has 1 aromatic carbocycles. The maximum atomic E-state index is 11.8. The number of aromatic nitrogens is 1. The number of ether oxygens (including phenoxy) is 1. The highest BCUT2D eigenvalue weighted by molar-refractivity contribution is 5.94. The van der Waals surface area contributed by atoms with E-state index in [-0.39, 0.29) is 17.6 Å². The van der Waals surface area contributed by atoms with Crippen LogP contribution in [0.5, 0.6) is 0 Å². The summed E-state index contributed by atoms with van der Waals surface area (Å²) in [5.41, 5.74) is 2.06. The van der Waals surface area contributed by atoms with Gasteiger partial charge in [-0.15, -0.1) is 0 Å². The Kier molecular flexibility index (Phi) is 4.23. The molecule has 6 nitrogen and oxygen atoms in total. The number of fused-ring (bicyclic) bond motifs is 1. The number of rotatable bonds is 4. The van der Waals surface area contributed by atoms with Gasteiger partial charge in [-0.25, -0.2) is 4.79 Å². The second kappa shape index (κ2) is 6.32. The van der Waals surface area contributed by atoms with Crippen LogP contribution >= 0.6 is 0 Å². The molecule has 1 fully saturated rings. The smallest absolute Gasteiger partial charge is 0.352 e. The van der Waals surface area contributed by atoms with E-state index in [4.69, 9.17) is 9.84 Å². The minimum Gasteiger partial charge on any atom is -0.477 e. The zero-order chi connectivity index (χ0) is 16.4. The third kappa shape index (κ3) is 3.16. The van der Waals surface area contributed by atoms with Crippen LogP contribution in [0.3, 0.4) is 0 Å². The molecule has 1 saturated heterocycles. The van der Waals surface area contributed by atoms with Gasteiger partial charge in [0.2, 0.25) is 0 Å². The molecule has 2 aromatic rings. The number of benzene rings is 1. The topological polar surface area (TPSA) is 82.6 Å². The Bertz CT molecular complexity index is 729. The zero-order valence-electron chi connectivity index (χ0n) is 13.0. The predicted octanol–water partition coefficient (Wildman–Crippen LogP) is 2.65. The van der Waals surface area contributed by atoms with Crippen LogP contribution in [0.4, 0.5) is 5.69 Å². The molecule has 2 N–H and O–H groups in total. The van der Waals surface area contributed by atoms with Gasteiger partial charge in [0.15, 0.2) is 0 Å². The van der Waals surface area contributed by atoms with Crippen LogP contribution in [-0.4, -0.2) is 41.7 Å². The lowest BCUT2D eigenvalue weighted by Gasteiger charge is -2.32. The molecule has 3 rings (SSSR count). The van der Waals surface area contributed by atoms with Gasteiger partial charge < -0.3 is 19.7 Å². The number of carbonyl (C=O) groups is 2. The van der Waals surface area contributed by atoms with Gasteiger partial charge in [-0.3, -0.25) is 4.79 Å². The van der Waals surface area contributed by atoms with Gasteiger partial charge in [-0.05, 0) is 44.0 Å². The lowest BCUT2D eigenvalue weighted by atomic mass is 9.96. The molecule has 1 aliphatic rings. The molecule has 23 heavy (non-hydrogen) atoms. The summed E-state index contributed by atoms with van der Waals surface area (Å²) in [5.74, 6) is -1.07. The number of aromatic amines is 1. The van der Waals surface area contributed by atoms with Crippen LogP contribution in [0, 0.1) is 5.92 Å². The number of piperidine rings is 1. The predicted molar refractivity (Wildman–Crippen MR) is 86.8 cm³/mol. The number of hydrogen-bond donors (Lipinski definition) is 2. The van der Waals surface area contributed by atoms with Gasteiger partial charge in [-0.2, -0.15) is 0 Å². The first-order valence-corrected chi connectivity index (χ1v) is 7.86. The van der Waals surface area contributed by atoms with Crippen molar-refractivity contribution in [2.24, 2.45) is 5.92 Å². The molecular weight excluding hydrogens is 296 g/mol. The van der Waals surface area contributed by atoms with E-state index in [1.165, 1.54) is 0 Å². The molecule has 1 aliphatic heterocycles. The number of aromatic carboxylic acids is 1. The molecule has 1 aromatic heterocycles. The summed E-state index contributed by atoms with van der Waals surface area (Å²) in [5, 5.41) is 9.93. The quantitative estimate of drug-likeness (QED) is 0.847. The normalized spacial score (nSPS) is 15.8. The number of carboxylic acid groups (broad SMARTS) is 1. The van der Waals surface area contributed by atoms with Crippen LogP contribution in [0.25, 0.3) is 10.9 Å². The molecule has 0 bridgehead atoms. The lowest BCUT2D eigenvalue weighted by Crippen LogP contribution is -2.36. The zero-order valence-corrected chi connectivity index (χ0v) is 13.0. The van der Waals surface area contributed by atoms with Crippen LogP contribution in [0.15, 0.2) is 24.3 Å². The average molecular weight is 316 g/mol. The Hall–Kier alpha value is -2.50. The van der Waals surface area contributed by atoms with Crippen molar-refractivity contribution in [3.63, 3.8) is 0 Å². The summed E-state index contributed by atoms with van der Waals surface area (Å²) in [6.07, 6.45) is 1.56. The number of hydrogen-bond acceptors (Lipinski definition) is 4. The summed E-state index contributed by atoms with van der Waals surface area (Å²) in [6, 6.07) is 7.51. The van der Waals surface area contributed by atoms with E-state index in [0.717, 1.165) is 42.5 Å². The van der Waals surface area contributed by atoms with Crippen molar-refractivity contribution in [1.29, 1.82) is 0 Å². The van der Waals surface area contributed by atoms with Crippen molar-refractivity contribution >= 4 is 28.5 Å². The standard InChI is InChI=1S/C17H20N2O4/c1-2-23-17(22)11-5-7-19(8-6-11)13-3-4-14-12(9-13)10-15(18-14)16(20)21/h3-4,9-11,18H,2,5-8H2,1H3,(H,20,21). The van der Waals surface area contributed by atoms with Crippen molar-refractivity contribution in [2.45, 2.75) is 19.8 Å². The van der Waals surface area contributed by atoms with Gasteiger partial charge in [0.1, 0.15) is 5.69 Å². The third-order valence-corrected chi connectivity index (χ3v) is 4.31. The summed E-state index contributed by atoms with van der Waals surface area (Å²) in [6.45, 7) is 3.84. The molecule has 0 unspecified atom stereocenters. The minimum atomic E-state index is -0.960. The van der Waals surface area contributed by atoms with Gasteiger partial charge in [0.05, 0.1) is 12.5 Å². The molecule has 0 radical (unpaired) electrons. The Balaban J connectivity index is 1.72. The first kappa shape index (κ1) is 15.4. The number of nitrogens with zero attached hydrogens (tertiary/aromatic N) is 1. The van der Waals surface area contributed by atoms with Crippen molar-refractivity contribution in [2.75, 3.05) is 24.6 Å². The molecule has 0 amide bonds. The Morgan fingerprint density at radius 3 is 2.70 bits per heavy atom. The molecule has 0 atom stereocenters. The molecule has 0 saturated carbocycles. The molecule has 2 heterocycles. The van der Waals surface area contributed by atoms with E-state index in [1.807, 2.05) is 25.1 Å². The molecule has 0 aliphatic carbocycles. The van der Waals surface area contributed by atoms with E-state index in [0.29, 0.717) is 6.61 Å². The van der Waals surface area contributed by atoms with Crippen molar-refractivity contribution in [1.82, 2.24) is 4.98 Å². The number of H-pyrrole nitrogens is 1. The maximum Gasteiger partial charge on any atom is 0.352 e. The van der Waals surface area contributed by atoms with Crippen molar-refractivity contribution in [3.05, 3.63) is 30.0 Å².